The molecule has 4 aromatic rings. The fourth-order valence-corrected chi connectivity index (χ4v) is 4.99. The molecule has 0 unspecified atom stereocenters. The van der Waals surface area contributed by atoms with Crippen LogP contribution in [0.3, 0.4) is 0 Å². The average Bonchev–Trinajstić information content (AvgIpc) is 3.14. The summed E-state index contributed by atoms with van der Waals surface area (Å²) in [6, 6.07) is 38.2. The Morgan fingerprint density at radius 1 is 0.703 bits per heavy atom. The van der Waals surface area contributed by atoms with Gasteiger partial charge in [-0.3, -0.25) is 4.79 Å². The number of allylic oxidation sites excluding steroid dienone is 3. The molecular formula is C34H31N2O+. The van der Waals surface area contributed by atoms with Gasteiger partial charge in [-0.2, -0.15) is 4.58 Å². The monoisotopic (exact) mass is 483 g/mol. The highest BCUT2D eigenvalue weighted by atomic mass is 16.1. The molecule has 0 aliphatic carbocycles. The quantitative estimate of drug-likeness (QED) is 0.227. The lowest BCUT2D eigenvalue weighted by Crippen LogP contribution is -2.27. The van der Waals surface area contributed by atoms with Gasteiger partial charge in [-0.15, -0.1) is 0 Å². The summed E-state index contributed by atoms with van der Waals surface area (Å²) < 4.78 is 2.27. The fourth-order valence-electron chi connectivity index (χ4n) is 4.99. The lowest BCUT2D eigenvalue weighted by molar-refractivity contribution is -0.401. The summed E-state index contributed by atoms with van der Waals surface area (Å²) in [4.78, 5) is 13.2. The summed E-state index contributed by atoms with van der Waals surface area (Å²) in [5.74, 6) is -0.138. The Morgan fingerprint density at radius 2 is 1.22 bits per heavy atom. The zero-order valence-corrected chi connectivity index (χ0v) is 21.5. The molecule has 0 radical (unpaired) electrons. The van der Waals surface area contributed by atoms with Crippen LogP contribution in [0.1, 0.15) is 40.9 Å². The zero-order valence-electron chi connectivity index (χ0n) is 21.5. The Bertz CT molecular complexity index is 1510. The molecule has 1 amide bonds. The number of nitrogens with one attached hydrogen (secondary N) is 1. The maximum Gasteiger partial charge on any atom is 0.255 e. The average molecular weight is 484 g/mol. The summed E-state index contributed by atoms with van der Waals surface area (Å²) in [6.07, 6.45) is 4.35. The largest absolute Gasteiger partial charge is 0.321 e. The highest BCUT2D eigenvalue weighted by Gasteiger charge is 2.42. The van der Waals surface area contributed by atoms with Crippen molar-refractivity contribution in [2.75, 3.05) is 7.05 Å². The van der Waals surface area contributed by atoms with Crippen LogP contribution in [0, 0.1) is 0 Å². The number of amides is 1. The van der Waals surface area contributed by atoms with Crippen LogP contribution in [0.25, 0.3) is 11.3 Å². The minimum absolute atomic E-state index is 0.138. The molecule has 37 heavy (non-hydrogen) atoms. The van der Waals surface area contributed by atoms with E-state index in [1.165, 1.54) is 17.0 Å². The number of nitrogens with zero attached hydrogens (tertiary/aromatic N) is 1. The van der Waals surface area contributed by atoms with Gasteiger partial charge in [-0.1, -0.05) is 97.1 Å². The predicted octanol–water partition coefficient (Wildman–Crippen LogP) is 7.25. The molecule has 0 saturated carbocycles. The second-order valence-corrected chi connectivity index (χ2v) is 9.80. The molecule has 1 aliphatic rings. The highest BCUT2D eigenvalue weighted by molar-refractivity contribution is 6.09. The van der Waals surface area contributed by atoms with E-state index in [-0.39, 0.29) is 11.3 Å². The molecule has 0 spiro atoms. The van der Waals surface area contributed by atoms with Gasteiger partial charge in [-0.05, 0) is 48.8 Å². The van der Waals surface area contributed by atoms with Crippen molar-refractivity contribution in [3.63, 3.8) is 0 Å². The number of carbonyl (C=O) groups is 1. The van der Waals surface area contributed by atoms with Crippen molar-refractivity contribution in [3.05, 3.63) is 150 Å². The van der Waals surface area contributed by atoms with Crippen molar-refractivity contribution in [1.29, 1.82) is 0 Å². The minimum atomic E-state index is -0.167. The highest BCUT2D eigenvalue weighted by Crippen LogP contribution is 2.40. The first-order valence-electron chi connectivity index (χ1n) is 12.6. The van der Waals surface area contributed by atoms with Crippen LogP contribution in [0.4, 0.5) is 5.69 Å². The van der Waals surface area contributed by atoms with Gasteiger partial charge in [0.1, 0.15) is 7.05 Å². The molecule has 3 nitrogen and oxygen atoms in total. The second kappa shape index (κ2) is 10.2. The van der Waals surface area contributed by atoms with E-state index in [0.717, 1.165) is 22.4 Å². The number of carbonyl (C=O) groups excluding carboxylic acids is 1. The zero-order chi connectivity index (χ0) is 25.8. The number of rotatable bonds is 6. The van der Waals surface area contributed by atoms with Crippen LogP contribution in [-0.2, 0) is 5.41 Å². The Morgan fingerprint density at radius 3 is 1.81 bits per heavy atom. The topological polar surface area (TPSA) is 32.1 Å². The molecule has 0 fully saturated rings. The van der Waals surface area contributed by atoms with Crippen molar-refractivity contribution in [2.24, 2.45) is 0 Å². The van der Waals surface area contributed by atoms with E-state index in [4.69, 9.17) is 0 Å². The van der Waals surface area contributed by atoms with Crippen LogP contribution in [-0.4, -0.2) is 23.2 Å². The summed E-state index contributed by atoms with van der Waals surface area (Å²) in [5.41, 5.74) is 7.98. The third-order valence-corrected chi connectivity index (χ3v) is 7.01. The van der Waals surface area contributed by atoms with Crippen LogP contribution in [0.15, 0.2) is 127 Å². The summed E-state index contributed by atoms with van der Waals surface area (Å²) in [6.45, 7) is 4.53. The van der Waals surface area contributed by atoms with E-state index >= 15 is 0 Å². The number of fused-ring (bicyclic) bond motifs is 1. The molecule has 1 aliphatic heterocycles. The van der Waals surface area contributed by atoms with Gasteiger partial charge < -0.3 is 5.32 Å². The van der Waals surface area contributed by atoms with Gasteiger partial charge in [0.15, 0.2) is 5.71 Å². The molecule has 3 heteroatoms. The lowest BCUT2D eigenvalue weighted by atomic mass is 9.80. The molecule has 0 atom stereocenters. The Hall–Kier alpha value is -4.50. The minimum Gasteiger partial charge on any atom is -0.321 e. The summed E-state index contributed by atoms with van der Waals surface area (Å²) >= 11 is 0. The lowest BCUT2D eigenvalue weighted by Gasteiger charge is -2.17. The van der Waals surface area contributed by atoms with Gasteiger partial charge in [-0.25, -0.2) is 0 Å². The number of benzene rings is 4. The van der Waals surface area contributed by atoms with Crippen molar-refractivity contribution < 1.29 is 9.37 Å². The normalized spacial score (nSPS) is 14.9. The Labute approximate surface area is 219 Å². The van der Waals surface area contributed by atoms with Crippen LogP contribution >= 0.6 is 0 Å². The van der Waals surface area contributed by atoms with Gasteiger partial charge in [0.2, 0.25) is 5.69 Å². The Kier molecular flexibility index (Phi) is 6.70. The van der Waals surface area contributed by atoms with Crippen LogP contribution in [0.5, 0.6) is 0 Å². The molecule has 5 rings (SSSR count). The summed E-state index contributed by atoms with van der Waals surface area (Å²) in [5, 5.41) is 3.18. The molecule has 1 N–H and O–H groups in total. The molecule has 182 valence electrons. The standard InChI is InChI=1S/C34H30N2O/c1-34(2)29-21-13-14-22-31(29)36(3)32(34)24-28(25-15-7-4-8-16-25)23-30(26-17-9-5-10-18-26)35-33(37)27-19-11-6-12-20-27/h4-24H,1-3H3/p+1. The number of hydrogen-bond acceptors (Lipinski definition) is 1. The van der Waals surface area contributed by atoms with Gasteiger partial charge in [0.05, 0.1) is 5.41 Å². The second-order valence-electron chi connectivity index (χ2n) is 9.80. The van der Waals surface area contributed by atoms with Gasteiger partial charge in [0.25, 0.3) is 5.91 Å². The molecule has 0 saturated heterocycles. The van der Waals surface area contributed by atoms with E-state index in [0.29, 0.717) is 5.56 Å². The molecule has 0 aromatic heterocycles. The summed E-state index contributed by atoms with van der Waals surface area (Å²) in [7, 11) is 2.13. The number of hydrogen-bond donors (Lipinski definition) is 1. The van der Waals surface area contributed by atoms with Crippen molar-refractivity contribution in [3.8, 4) is 0 Å². The predicted molar refractivity (Wildman–Crippen MR) is 153 cm³/mol. The first-order chi connectivity index (χ1) is 17.9. The van der Waals surface area contributed by atoms with Crippen LogP contribution < -0.4 is 5.32 Å². The van der Waals surface area contributed by atoms with E-state index in [2.05, 4.69) is 79.3 Å². The first kappa shape index (κ1) is 24.2. The van der Waals surface area contributed by atoms with Crippen molar-refractivity contribution in [2.45, 2.75) is 19.3 Å². The number of para-hydroxylation sites is 1. The SMILES string of the molecule is C[N+]1=C(C=C(C=C(NC(=O)c2ccccc2)c2ccccc2)c2ccccc2)C(C)(C)c2ccccc21. The van der Waals surface area contributed by atoms with E-state index in [1.807, 2.05) is 78.9 Å². The van der Waals surface area contributed by atoms with Crippen LogP contribution in [0.2, 0.25) is 0 Å². The van der Waals surface area contributed by atoms with E-state index < -0.39 is 0 Å². The molecule has 4 aromatic carbocycles. The maximum absolute atomic E-state index is 13.2. The fraction of sp³-hybridized carbons (Fsp3) is 0.118. The first-order valence-corrected chi connectivity index (χ1v) is 12.6. The molecule has 1 heterocycles. The third-order valence-electron chi connectivity index (χ3n) is 7.01. The van der Waals surface area contributed by atoms with Gasteiger partial charge >= 0.3 is 0 Å². The maximum atomic E-state index is 13.2. The smallest absolute Gasteiger partial charge is 0.255 e. The third kappa shape index (κ3) is 4.94. The van der Waals surface area contributed by atoms with Crippen molar-refractivity contribution in [1.82, 2.24) is 5.32 Å². The van der Waals surface area contributed by atoms with Crippen molar-refractivity contribution >= 4 is 28.6 Å². The van der Waals surface area contributed by atoms with E-state index in [1.54, 1.807) is 0 Å². The van der Waals surface area contributed by atoms with Gasteiger partial charge in [0, 0.05) is 29.0 Å². The molecule has 0 bridgehead atoms. The van der Waals surface area contributed by atoms with E-state index in [9.17, 15) is 4.79 Å². The Balaban J connectivity index is 1.66. The molecular weight excluding hydrogens is 452 g/mol.